The van der Waals surface area contributed by atoms with E-state index in [0.29, 0.717) is 24.6 Å². The Morgan fingerprint density at radius 2 is 2.04 bits per heavy atom. The maximum absolute atomic E-state index is 11.8. The first-order chi connectivity index (χ1) is 11.2. The number of aromatic amines is 2. The third kappa shape index (κ3) is 3.67. The van der Waals surface area contributed by atoms with Crippen molar-refractivity contribution in [1.82, 2.24) is 30.5 Å². The van der Waals surface area contributed by atoms with Gasteiger partial charge in [0.2, 0.25) is 0 Å². The van der Waals surface area contributed by atoms with E-state index in [1.807, 2.05) is 30.3 Å². The molecule has 0 saturated carbocycles. The first-order valence-corrected chi connectivity index (χ1v) is 7.02. The van der Waals surface area contributed by atoms with Gasteiger partial charge >= 0.3 is 0 Å². The van der Waals surface area contributed by atoms with Gasteiger partial charge in [-0.3, -0.25) is 14.7 Å². The van der Waals surface area contributed by atoms with Crippen LogP contribution in [0.4, 0.5) is 0 Å². The minimum Gasteiger partial charge on any atom is -0.350 e. The standard InChI is InChI=1S/C15H14N6O2/c22-13-9-17-11(8-18-13)15(23)16-7-6-12-19-14(21-20-12)10-4-2-1-3-5-10/h1-5,8-9H,6-7H2,(H,16,23)(H,18,22)(H,19,20,21). The van der Waals surface area contributed by atoms with Crippen LogP contribution in [0.25, 0.3) is 11.4 Å². The number of nitrogens with one attached hydrogen (secondary N) is 3. The Morgan fingerprint density at radius 1 is 1.22 bits per heavy atom. The van der Waals surface area contributed by atoms with Crippen molar-refractivity contribution in [2.45, 2.75) is 6.42 Å². The van der Waals surface area contributed by atoms with Crippen LogP contribution < -0.4 is 10.9 Å². The summed E-state index contributed by atoms with van der Waals surface area (Å²) >= 11 is 0. The summed E-state index contributed by atoms with van der Waals surface area (Å²) in [5.74, 6) is 0.942. The molecule has 0 aliphatic heterocycles. The van der Waals surface area contributed by atoms with E-state index in [1.165, 1.54) is 6.20 Å². The Labute approximate surface area is 131 Å². The molecular formula is C15H14N6O2. The van der Waals surface area contributed by atoms with E-state index in [9.17, 15) is 9.59 Å². The number of H-pyrrole nitrogens is 2. The number of hydrogen-bond acceptors (Lipinski definition) is 5. The van der Waals surface area contributed by atoms with Gasteiger partial charge in [0, 0.05) is 24.7 Å². The molecule has 0 bridgehead atoms. The summed E-state index contributed by atoms with van der Waals surface area (Å²) < 4.78 is 0. The zero-order chi connectivity index (χ0) is 16.1. The summed E-state index contributed by atoms with van der Waals surface area (Å²) in [6, 6.07) is 9.62. The van der Waals surface area contributed by atoms with E-state index in [2.05, 4.69) is 30.5 Å². The van der Waals surface area contributed by atoms with Gasteiger partial charge in [0.1, 0.15) is 11.5 Å². The maximum Gasteiger partial charge on any atom is 0.271 e. The molecule has 23 heavy (non-hydrogen) atoms. The van der Waals surface area contributed by atoms with Crippen molar-refractivity contribution in [2.75, 3.05) is 6.54 Å². The van der Waals surface area contributed by atoms with E-state index in [4.69, 9.17) is 0 Å². The zero-order valence-electron chi connectivity index (χ0n) is 12.1. The topological polar surface area (TPSA) is 116 Å². The molecule has 0 fully saturated rings. The molecule has 2 heterocycles. The highest BCUT2D eigenvalue weighted by Crippen LogP contribution is 2.13. The number of benzene rings is 1. The van der Waals surface area contributed by atoms with Crippen molar-refractivity contribution < 1.29 is 4.79 Å². The molecule has 1 amide bonds. The van der Waals surface area contributed by atoms with E-state index in [0.717, 1.165) is 11.8 Å². The van der Waals surface area contributed by atoms with Crippen LogP contribution in [0.15, 0.2) is 47.5 Å². The predicted molar refractivity (Wildman–Crippen MR) is 82.7 cm³/mol. The molecule has 0 radical (unpaired) electrons. The number of aromatic nitrogens is 5. The molecule has 1 aromatic carbocycles. The van der Waals surface area contributed by atoms with Gasteiger partial charge in [-0.2, -0.15) is 5.10 Å². The van der Waals surface area contributed by atoms with E-state index < -0.39 is 0 Å². The van der Waals surface area contributed by atoms with E-state index >= 15 is 0 Å². The molecule has 0 saturated heterocycles. The summed E-state index contributed by atoms with van der Waals surface area (Å²) in [4.78, 5) is 33.3. The highest BCUT2D eigenvalue weighted by Gasteiger charge is 2.08. The minimum absolute atomic E-state index is 0.159. The summed E-state index contributed by atoms with van der Waals surface area (Å²) in [6.45, 7) is 0.378. The van der Waals surface area contributed by atoms with Crippen molar-refractivity contribution in [3.8, 4) is 11.4 Å². The molecule has 0 atom stereocenters. The van der Waals surface area contributed by atoms with E-state index in [1.54, 1.807) is 0 Å². The van der Waals surface area contributed by atoms with Crippen LogP contribution in [0, 0.1) is 0 Å². The van der Waals surface area contributed by atoms with Crippen molar-refractivity contribution in [1.29, 1.82) is 0 Å². The summed E-state index contributed by atoms with van der Waals surface area (Å²) in [7, 11) is 0. The highest BCUT2D eigenvalue weighted by atomic mass is 16.2. The number of nitrogens with zero attached hydrogens (tertiary/aromatic N) is 3. The van der Waals surface area contributed by atoms with Crippen LogP contribution in [0.1, 0.15) is 16.3 Å². The third-order valence-corrected chi connectivity index (χ3v) is 3.12. The lowest BCUT2D eigenvalue weighted by Crippen LogP contribution is -2.27. The molecule has 0 unspecified atom stereocenters. The second-order valence-corrected chi connectivity index (χ2v) is 4.77. The normalized spacial score (nSPS) is 10.4. The molecule has 0 spiro atoms. The number of rotatable bonds is 5. The fourth-order valence-corrected chi connectivity index (χ4v) is 1.97. The van der Waals surface area contributed by atoms with Crippen LogP contribution in [-0.2, 0) is 6.42 Å². The maximum atomic E-state index is 11.8. The van der Waals surface area contributed by atoms with Crippen LogP contribution >= 0.6 is 0 Å². The smallest absolute Gasteiger partial charge is 0.271 e. The lowest BCUT2D eigenvalue weighted by Gasteiger charge is -2.02. The lowest BCUT2D eigenvalue weighted by atomic mass is 10.2. The quantitative estimate of drug-likeness (QED) is 0.635. The predicted octanol–water partition coefficient (Wildman–Crippen LogP) is 0.527. The molecule has 0 aliphatic carbocycles. The molecule has 2 aromatic heterocycles. The molecule has 3 N–H and O–H groups in total. The van der Waals surface area contributed by atoms with Gasteiger partial charge in [0.05, 0.1) is 6.20 Å². The summed E-state index contributed by atoms with van der Waals surface area (Å²) in [6.07, 6.45) is 2.85. The Kier molecular flexibility index (Phi) is 4.23. The van der Waals surface area contributed by atoms with Gasteiger partial charge in [0.25, 0.3) is 11.5 Å². The lowest BCUT2D eigenvalue weighted by molar-refractivity contribution is 0.0948. The van der Waals surface area contributed by atoms with Gasteiger partial charge in [0.15, 0.2) is 5.82 Å². The second-order valence-electron chi connectivity index (χ2n) is 4.77. The summed E-state index contributed by atoms with van der Waals surface area (Å²) in [5.41, 5.74) is 0.736. The van der Waals surface area contributed by atoms with E-state index in [-0.39, 0.29) is 17.2 Å². The Hall–Kier alpha value is -3.29. The fraction of sp³-hybridized carbons (Fsp3) is 0.133. The SMILES string of the molecule is O=C(NCCc1nc(-c2ccccc2)n[nH]1)c1c[nH]c(=O)cn1. The summed E-state index contributed by atoms with van der Waals surface area (Å²) in [5, 5.41) is 9.71. The van der Waals surface area contributed by atoms with Crippen molar-refractivity contribution in [2.24, 2.45) is 0 Å². The van der Waals surface area contributed by atoms with Gasteiger partial charge in [-0.05, 0) is 0 Å². The van der Waals surface area contributed by atoms with Crippen molar-refractivity contribution >= 4 is 5.91 Å². The van der Waals surface area contributed by atoms with Gasteiger partial charge in [-0.1, -0.05) is 30.3 Å². The molecule has 3 aromatic rings. The second kappa shape index (κ2) is 6.65. The number of hydrogen-bond donors (Lipinski definition) is 3. The molecular weight excluding hydrogens is 296 g/mol. The fourth-order valence-electron chi connectivity index (χ4n) is 1.97. The Bertz CT molecular complexity index is 835. The van der Waals surface area contributed by atoms with Crippen LogP contribution in [0.5, 0.6) is 0 Å². The van der Waals surface area contributed by atoms with Crippen molar-refractivity contribution in [3.63, 3.8) is 0 Å². The molecule has 8 nitrogen and oxygen atoms in total. The molecule has 116 valence electrons. The third-order valence-electron chi connectivity index (χ3n) is 3.12. The van der Waals surface area contributed by atoms with Gasteiger partial charge in [-0.15, -0.1) is 0 Å². The molecule has 0 aliphatic rings. The first kappa shape index (κ1) is 14.6. The largest absolute Gasteiger partial charge is 0.350 e. The van der Waals surface area contributed by atoms with Gasteiger partial charge in [-0.25, -0.2) is 9.97 Å². The zero-order valence-corrected chi connectivity index (χ0v) is 12.1. The monoisotopic (exact) mass is 310 g/mol. The minimum atomic E-state index is -0.357. The molecule has 3 rings (SSSR count). The van der Waals surface area contributed by atoms with Crippen LogP contribution in [-0.4, -0.2) is 37.6 Å². The Morgan fingerprint density at radius 3 is 2.78 bits per heavy atom. The Balaban J connectivity index is 1.55. The average Bonchev–Trinajstić information content (AvgIpc) is 3.05. The molecule has 8 heteroatoms. The average molecular weight is 310 g/mol. The number of carbonyl (C=O) groups excluding carboxylic acids is 1. The van der Waals surface area contributed by atoms with Crippen LogP contribution in [0.3, 0.4) is 0 Å². The number of carbonyl (C=O) groups is 1. The van der Waals surface area contributed by atoms with Crippen molar-refractivity contribution in [3.05, 3.63) is 64.6 Å². The first-order valence-electron chi connectivity index (χ1n) is 7.02. The van der Waals surface area contributed by atoms with Crippen LogP contribution in [0.2, 0.25) is 0 Å². The number of amides is 1. The van der Waals surface area contributed by atoms with Gasteiger partial charge < -0.3 is 10.3 Å². The highest BCUT2D eigenvalue weighted by molar-refractivity contribution is 5.91.